The van der Waals surface area contributed by atoms with Gasteiger partial charge in [-0.05, 0) is 43.3 Å². The Labute approximate surface area is 113 Å². The topological polar surface area (TPSA) is 50.4 Å². The molecule has 0 radical (unpaired) electrons. The van der Waals surface area contributed by atoms with Crippen molar-refractivity contribution in [1.29, 1.82) is 0 Å². The van der Waals surface area contributed by atoms with Crippen molar-refractivity contribution in [2.75, 3.05) is 0 Å². The highest BCUT2D eigenvalue weighted by molar-refractivity contribution is 5.81. The Morgan fingerprint density at radius 1 is 1.10 bits per heavy atom. The molecule has 0 aliphatic heterocycles. The standard InChI is InChI=1S/C16H11FO3/c1-9-15(19)13-7-6-12(18)8-14(13)20-16(9)10-2-4-11(17)5-3-10/h2-8,18H,1H3. The van der Waals surface area contributed by atoms with Crippen LogP contribution in [0.25, 0.3) is 22.3 Å². The van der Waals surface area contributed by atoms with Crippen molar-refractivity contribution in [3.05, 3.63) is 64.1 Å². The molecule has 20 heavy (non-hydrogen) atoms. The summed E-state index contributed by atoms with van der Waals surface area (Å²) in [6.45, 7) is 1.66. The van der Waals surface area contributed by atoms with Gasteiger partial charge < -0.3 is 9.52 Å². The second-order valence-electron chi connectivity index (χ2n) is 4.57. The smallest absolute Gasteiger partial charge is 0.196 e. The average Bonchev–Trinajstić information content (AvgIpc) is 2.44. The maximum Gasteiger partial charge on any atom is 0.196 e. The van der Waals surface area contributed by atoms with Gasteiger partial charge >= 0.3 is 0 Å². The Morgan fingerprint density at radius 3 is 2.50 bits per heavy atom. The molecule has 100 valence electrons. The van der Waals surface area contributed by atoms with Crippen LogP contribution in [-0.4, -0.2) is 5.11 Å². The first-order valence-electron chi connectivity index (χ1n) is 6.08. The van der Waals surface area contributed by atoms with Crippen LogP contribution in [0.3, 0.4) is 0 Å². The largest absolute Gasteiger partial charge is 0.508 e. The molecule has 0 saturated heterocycles. The maximum atomic E-state index is 13.0. The number of fused-ring (bicyclic) bond motifs is 1. The first kappa shape index (κ1) is 12.4. The van der Waals surface area contributed by atoms with E-state index >= 15 is 0 Å². The second kappa shape index (κ2) is 4.49. The molecule has 4 heteroatoms. The van der Waals surface area contributed by atoms with E-state index in [1.807, 2.05) is 0 Å². The number of phenols is 1. The van der Waals surface area contributed by atoms with Crippen LogP contribution in [0.5, 0.6) is 5.75 Å². The van der Waals surface area contributed by atoms with Gasteiger partial charge in [0.25, 0.3) is 0 Å². The van der Waals surface area contributed by atoms with Crippen LogP contribution in [0.4, 0.5) is 4.39 Å². The summed E-state index contributed by atoms with van der Waals surface area (Å²) in [5.41, 5.74) is 1.21. The predicted molar refractivity (Wildman–Crippen MR) is 74.3 cm³/mol. The fourth-order valence-corrected chi connectivity index (χ4v) is 2.15. The van der Waals surface area contributed by atoms with Crippen LogP contribution in [-0.2, 0) is 0 Å². The lowest BCUT2D eigenvalue weighted by molar-refractivity contribution is 0.474. The minimum absolute atomic E-state index is 0.0227. The molecule has 0 bridgehead atoms. The molecule has 0 fully saturated rings. The molecule has 0 unspecified atom stereocenters. The first-order chi connectivity index (χ1) is 9.56. The van der Waals surface area contributed by atoms with Gasteiger partial charge in [0.15, 0.2) is 5.43 Å². The minimum Gasteiger partial charge on any atom is -0.508 e. The molecular formula is C16H11FO3. The van der Waals surface area contributed by atoms with E-state index in [0.29, 0.717) is 27.9 Å². The van der Waals surface area contributed by atoms with E-state index in [1.165, 1.54) is 30.3 Å². The van der Waals surface area contributed by atoms with Crippen LogP contribution < -0.4 is 5.43 Å². The van der Waals surface area contributed by atoms with Crippen LogP contribution in [0.1, 0.15) is 5.56 Å². The van der Waals surface area contributed by atoms with E-state index in [-0.39, 0.29) is 17.0 Å². The van der Waals surface area contributed by atoms with Gasteiger partial charge in [0.05, 0.1) is 5.39 Å². The summed E-state index contributed by atoms with van der Waals surface area (Å²) in [6.07, 6.45) is 0. The molecular weight excluding hydrogens is 259 g/mol. The number of aromatic hydroxyl groups is 1. The molecule has 3 nitrogen and oxygen atoms in total. The van der Waals surface area contributed by atoms with Crippen molar-refractivity contribution in [1.82, 2.24) is 0 Å². The fraction of sp³-hybridized carbons (Fsp3) is 0.0625. The fourth-order valence-electron chi connectivity index (χ4n) is 2.15. The highest BCUT2D eigenvalue weighted by Gasteiger charge is 2.13. The summed E-state index contributed by atoms with van der Waals surface area (Å²) >= 11 is 0. The van der Waals surface area contributed by atoms with Gasteiger partial charge in [-0.3, -0.25) is 4.79 Å². The zero-order valence-corrected chi connectivity index (χ0v) is 10.7. The third-order valence-electron chi connectivity index (χ3n) is 3.21. The maximum absolute atomic E-state index is 13.0. The van der Waals surface area contributed by atoms with Gasteiger partial charge in [0, 0.05) is 17.2 Å². The summed E-state index contributed by atoms with van der Waals surface area (Å²) in [4.78, 5) is 12.3. The van der Waals surface area contributed by atoms with Crippen molar-refractivity contribution >= 4 is 11.0 Å². The van der Waals surface area contributed by atoms with E-state index in [2.05, 4.69) is 0 Å². The third kappa shape index (κ3) is 1.95. The van der Waals surface area contributed by atoms with Crippen LogP contribution in [0, 0.1) is 12.7 Å². The normalized spacial score (nSPS) is 10.9. The van der Waals surface area contributed by atoms with Crippen LogP contribution in [0.15, 0.2) is 51.7 Å². The van der Waals surface area contributed by atoms with Crippen molar-refractivity contribution in [2.45, 2.75) is 6.92 Å². The number of rotatable bonds is 1. The lowest BCUT2D eigenvalue weighted by atomic mass is 10.1. The van der Waals surface area contributed by atoms with E-state index in [4.69, 9.17) is 4.42 Å². The van der Waals surface area contributed by atoms with Gasteiger partial charge in [0.2, 0.25) is 0 Å². The minimum atomic E-state index is -0.354. The predicted octanol–water partition coefficient (Wildman–Crippen LogP) is 3.61. The highest BCUT2D eigenvalue weighted by atomic mass is 19.1. The number of benzene rings is 2. The molecule has 1 N–H and O–H groups in total. The number of hydrogen-bond acceptors (Lipinski definition) is 3. The van der Waals surface area contributed by atoms with Gasteiger partial charge in [-0.1, -0.05) is 0 Å². The van der Waals surface area contributed by atoms with Gasteiger partial charge in [-0.25, -0.2) is 4.39 Å². The number of halogens is 1. The Bertz CT molecular complexity index is 848. The Hall–Kier alpha value is -2.62. The monoisotopic (exact) mass is 270 g/mol. The van der Waals surface area contributed by atoms with E-state index in [0.717, 1.165) is 0 Å². The summed E-state index contributed by atoms with van der Waals surface area (Å²) in [6, 6.07) is 10.1. The Morgan fingerprint density at radius 2 is 1.80 bits per heavy atom. The molecule has 0 saturated carbocycles. The van der Waals surface area contributed by atoms with E-state index in [1.54, 1.807) is 19.1 Å². The zero-order valence-electron chi connectivity index (χ0n) is 10.7. The summed E-state index contributed by atoms with van der Waals surface area (Å²) < 4.78 is 18.7. The lowest BCUT2D eigenvalue weighted by Crippen LogP contribution is -2.07. The third-order valence-corrected chi connectivity index (χ3v) is 3.21. The zero-order chi connectivity index (χ0) is 14.3. The van der Waals surface area contributed by atoms with Gasteiger partial charge in [-0.15, -0.1) is 0 Å². The average molecular weight is 270 g/mol. The molecule has 2 aromatic carbocycles. The number of hydrogen-bond donors (Lipinski definition) is 1. The van der Waals surface area contributed by atoms with Crippen molar-refractivity contribution in [2.24, 2.45) is 0 Å². The van der Waals surface area contributed by atoms with Crippen molar-refractivity contribution < 1.29 is 13.9 Å². The van der Waals surface area contributed by atoms with Crippen LogP contribution >= 0.6 is 0 Å². The summed E-state index contributed by atoms with van der Waals surface area (Å²) in [5.74, 6) is 0.0508. The Kier molecular flexibility index (Phi) is 2.79. The SMILES string of the molecule is Cc1c(-c2ccc(F)cc2)oc2cc(O)ccc2c1=O. The van der Waals surface area contributed by atoms with Crippen molar-refractivity contribution in [3.63, 3.8) is 0 Å². The lowest BCUT2D eigenvalue weighted by Gasteiger charge is -2.07. The summed E-state index contributed by atoms with van der Waals surface area (Å²) in [5, 5.41) is 9.89. The quantitative estimate of drug-likeness (QED) is 0.734. The number of phenolic OH excluding ortho intramolecular Hbond substituents is 1. The Balaban J connectivity index is 2.33. The molecule has 3 rings (SSSR count). The van der Waals surface area contributed by atoms with Gasteiger partial charge in [-0.2, -0.15) is 0 Å². The van der Waals surface area contributed by atoms with Gasteiger partial charge in [0.1, 0.15) is 22.9 Å². The summed E-state index contributed by atoms with van der Waals surface area (Å²) in [7, 11) is 0. The molecule has 1 heterocycles. The molecule has 0 spiro atoms. The van der Waals surface area contributed by atoms with Crippen molar-refractivity contribution in [3.8, 4) is 17.1 Å². The molecule has 0 atom stereocenters. The molecule has 0 aliphatic rings. The molecule has 3 aromatic rings. The molecule has 0 aliphatic carbocycles. The first-order valence-corrected chi connectivity index (χ1v) is 6.08. The van der Waals surface area contributed by atoms with Crippen LogP contribution in [0.2, 0.25) is 0 Å². The van der Waals surface area contributed by atoms with E-state index < -0.39 is 0 Å². The second-order valence-corrected chi connectivity index (χ2v) is 4.57. The molecule has 1 aromatic heterocycles. The highest BCUT2D eigenvalue weighted by Crippen LogP contribution is 2.27. The van der Waals surface area contributed by atoms with E-state index in [9.17, 15) is 14.3 Å². The molecule has 0 amide bonds.